The number of hydrogen-bond donors (Lipinski definition) is 2. The molecule has 0 aliphatic carbocycles. The zero-order chi connectivity index (χ0) is 21.7. The molecular formula is C22H20ClFN2O3S. The molecule has 5 nitrogen and oxygen atoms in total. The quantitative estimate of drug-likeness (QED) is 0.454. The zero-order valence-corrected chi connectivity index (χ0v) is 18.0. The maximum absolute atomic E-state index is 13.3. The number of rotatable bonds is 7. The van der Waals surface area contributed by atoms with Gasteiger partial charge < -0.3 is 15.4 Å². The molecule has 3 aromatic rings. The van der Waals surface area contributed by atoms with Gasteiger partial charge in [-0.05, 0) is 49.2 Å². The van der Waals surface area contributed by atoms with Gasteiger partial charge in [0.05, 0.1) is 13.2 Å². The Labute approximate surface area is 182 Å². The van der Waals surface area contributed by atoms with Gasteiger partial charge in [-0.1, -0.05) is 29.8 Å². The highest BCUT2D eigenvalue weighted by atomic mass is 35.5. The minimum absolute atomic E-state index is 0.00850. The third-order valence-electron chi connectivity index (χ3n) is 4.30. The van der Waals surface area contributed by atoms with Crippen molar-refractivity contribution in [3.05, 3.63) is 69.8 Å². The van der Waals surface area contributed by atoms with E-state index in [2.05, 4.69) is 10.6 Å². The molecule has 0 unspecified atom stereocenters. The van der Waals surface area contributed by atoms with Crippen molar-refractivity contribution in [3.63, 3.8) is 0 Å². The van der Waals surface area contributed by atoms with E-state index in [4.69, 9.17) is 16.3 Å². The SMILES string of the molecule is CCOC(=O)c1c(-c2ccc(F)cc2)csc1NC(=O)CNc1ccc(C)c(Cl)c1. The van der Waals surface area contributed by atoms with E-state index < -0.39 is 5.97 Å². The maximum atomic E-state index is 13.3. The average Bonchev–Trinajstić information content (AvgIpc) is 3.13. The molecule has 1 amide bonds. The Morgan fingerprint density at radius 3 is 2.57 bits per heavy atom. The Balaban J connectivity index is 1.78. The van der Waals surface area contributed by atoms with Gasteiger partial charge in [-0.3, -0.25) is 4.79 Å². The molecule has 0 spiro atoms. The van der Waals surface area contributed by atoms with Gasteiger partial charge in [0.25, 0.3) is 0 Å². The van der Waals surface area contributed by atoms with Gasteiger partial charge >= 0.3 is 5.97 Å². The fourth-order valence-corrected chi connectivity index (χ4v) is 3.91. The fourth-order valence-electron chi connectivity index (χ4n) is 2.75. The van der Waals surface area contributed by atoms with E-state index in [-0.39, 0.29) is 30.4 Å². The van der Waals surface area contributed by atoms with Crippen molar-refractivity contribution in [3.8, 4) is 11.1 Å². The minimum atomic E-state index is -0.549. The second-order valence-electron chi connectivity index (χ2n) is 6.45. The van der Waals surface area contributed by atoms with Gasteiger partial charge in [-0.15, -0.1) is 11.3 Å². The Morgan fingerprint density at radius 2 is 1.90 bits per heavy atom. The summed E-state index contributed by atoms with van der Waals surface area (Å²) in [7, 11) is 0. The van der Waals surface area contributed by atoms with E-state index in [1.54, 1.807) is 30.5 Å². The standard InChI is InChI=1S/C22H20ClFN2O3S/c1-3-29-22(28)20-17(14-5-7-15(24)8-6-14)12-30-21(20)26-19(27)11-25-16-9-4-13(2)18(23)10-16/h4-10,12,25H,3,11H2,1-2H3,(H,26,27). The molecule has 0 atom stereocenters. The third kappa shape index (κ3) is 5.17. The summed E-state index contributed by atoms with van der Waals surface area (Å²) in [5.74, 6) is -1.25. The first-order valence-corrected chi connectivity index (χ1v) is 10.5. The van der Waals surface area contributed by atoms with Gasteiger partial charge in [0.2, 0.25) is 5.91 Å². The Kier molecular flexibility index (Phi) is 7.07. The molecule has 156 valence electrons. The van der Waals surface area contributed by atoms with Gasteiger partial charge in [0.1, 0.15) is 16.4 Å². The monoisotopic (exact) mass is 446 g/mol. The summed E-state index contributed by atoms with van der Waals surface area (Å²) in [6.45, 7) is 3.79. The highest BCUT2D eigenvalue weighted by molar-refractivity contribution is 7.15. The number of thiophene rings is 1. The Morgan fingerprint density at radius 1 is 1.17 bits per heavy atom. The van der Waals surface area contributed by atoms with Gasteiger partial charge in [-0.25, -0.2) is 9.18 Å². The molecule has 30 heavy (non-hydrogen) atoms. The summed E-state index contributed by atoms with van der Waals surface area (Å²) >= 11 is 7.31. The molecule has 0 saturated carbocycles. The Hall–Kier alpha value is -2.90. The number of benzene rings is 2. The molecule has 0 radical (unpaired) electrons. The average molecular weight is 447 g/mol. The summed E-state index contributed by atoms with van der Waals surface area (Å²) in [6, 6.07) is 11.2. The van der Waals surface area contributed by atoms with E-state index in [0.717, 1.165) is 5.56 Å². The lowest BCUT2D eigenvalue weighted by Gasteiger charge is -2.10. The van der Waals surface area contributed by atoms with E-state index in [9.17, 15) is 14.0 Å². The lowest BCUT2D eigenvalue weighted by Crippen LogP contribution is -2.22. The van der Waals surface area contributed by atoms with Crippen LogP contribution in [0.5, 0.6) is 0 Å². The first-order chi connectivity index (χ1) is 14.4. The molecule has 0 aliphatic rings. The van der Waals surface area contributed by atoms with Crippen LogP contribution in [-0.4, -0.2) is 25.0 Å². The van der Waals surface area contributed by atoms with Crippen molar-refractivity contribution >= 4 is 45.5 Å². The van der Waals surface area contributed by atoms with Gasteiger partial charge in [0, 0.05) is 21.7 Å². The maximum Gasteiger partial charge on any atom is 0.341 e. The molecule has 0 fully saturated rings. The molecule has 0 bridgehead atoms. The summed E-state index contributed by atoms with van der Waals surface area (Å²) in [6.07, 6.45) is 0. The Bertz CT molecular complexity index is 1070. The molecule has 0 saturated heterocycles. The topological polar surface area (TPSA) is 67.4 Å². The fraction of sp³-hybridized carbons (Fsp3) is 0.182. The van der Waals surface area contributed by atoms with Crippen LogP contribution in [-0.2, 0) is 9.53 Å². The number of amides is 1. The van der Waals surface area contributed by atoms with Crippen molar-refractivity contribution in [2.75, 3.05) is 23.8 Å². The number of esters is 1. The smallest absolute Gasteiger partial charge is 0.341 e. The van der Waals surface area contributed by atoms with Crippen LogP contribution in [0.25, 0.3) is 11.1 Å². The van der Waals surface area contributed by atoms with Crippen LogP contribution >= 0.6 is 22.9 Å². The van der Waals surface area contributed by atoms with Crippen LogP contribution in [0.3, 0.4) is 0 Å². The summed E-state index contributed by atoms with van der Waals surface area (Å²) in [5, 5.41) is 8.48. The highest BCUT2D eigenvalue weighted by Gasteiger charge is 2.22. The molecule has 0 aliphatic heterocycles. The van der Waals surface area contributed by atoms with Crippen LogP contribution in [0.4, 0.5) is 15.1 Å². The van der Waals surface area contributed by atoms with Crippen LogP contribution < -0.4 is 10.6 Å². The van der Waals surface area contributed by atoms with Crippen LogP contribution in [0, 0.1) is 12.7 Å². The summed E-state index contributed by atoms with van der Waals surface area (Å²) in [5.41, 5.74) is 3.14. The molecule has 8 heteroatoms. The van der Waals surface area contributed by atoms with Crippen LogP contribution in [0.1, 0.15) is 22.8 Å². The van der Waals surface area contributed by atoms with E-state index >= 15 is 0 Å². The minimum Gasteiger partial charge on any atom is -0.462 e. The number of carbonyl (C=O) groups is 2. The van der Waals surface area contributed by atoms with Gasteiger partial charge in [-0.2, -0.15) is 0 Å². The normalized spacial score (nSPS) is 10.5. The number of halogens is 2. The largest absolute Gasteiger partial charge is 0.462 e. The number of aryl methyl sites for hydroxylation is 1. The number of hydrogen-bond acceptors (Lipinski definition) is 5. The summed E-state index contributed by atoms with van der Waals surface area (Å²) in [4.78, 5) is 25.0. The van der Waals surface area contributed by atoms with Gasteiger partial charge in [0.15, 0.2) is 0 Å². The van der Waals surface area contributed by atoms with Crippen molar-refractivity contribution in [2.45, 2.75) is 13.8 Å². The second-order valence-corrected chi connectivity index (χ2v) is 7.73. The molecule has 1 heterocycles. The second kappa shape index (κ2) is 9.73. The first-order valence-electron chi connectivity index (χ1n) is 9.23. The first kappa shape index (κ1) is 21.8. The predicted octanol–water partition coefficient (Wildman–Crippen LogP) is 5.74. The van der Waals surface area contributed by atoms with Crippen molar-refractivity contribution in [2.24, 2.45) is 0 Å². The number of ether oxygens (including phenoxy) is 1. The molecule has 2 aromatic carbocycles. The predicted molar refractivity (Wildman–Crippen MR) is 119 cm³/mol. The molecule has 2 N–H and O–H groups in total. The number of nitrogens with one attached hydrogen (secondary N) is 2. The highest BCUT2D eigenvalue weighted by Crippen LogP contribution is 2.36. The third-order valence-corrected chi connectivity index (χ3v) is 5.61. The van der Waals surface area contributed by atoms with Crippen molar-refractivity contribution in [1.82, 2.24) is 0 Å². The molecular weight excluding hydrogens is 427 g/mol. The van der Waals surface area contributed by atoms with Crippen molar-refractivity contribution < 1.29 is 18.7 Å². The summed E-state index contributed by atoms with van der Waals surface area (Å²) < 4.78 is 18.4. The lowest BCUT2D eigenvalue weighted by molar-refractivity contribution is -0.114. The lowest BCUT2D eigenvalue weighted by atomic mass is 10.0. The zero-order valence-electron chi connectivity index (χ0n) is 16.4. The number of anilines is 2. The van der Waals surface area contributed by atoms with Crippen LogP contribution in [0.15, 0.2) is 47.8 Å². The molecule has 1 aromatic heterocycles. The van der Waals surface area contributed by atoms with Crippen LogP contribution in [0.2, 0.25) is 5.02 Å². The molecule has 3 rings (SSSR count). The van der Waals surface area contributed by atoms with E-state index in [1.807, 2.05) is 19.1 Å². The van der Waals surface area contributed by atoms with E-state index in [1.165, 1.54) is 23.5 Å². The van der Waals surface area contributed by atoms with E-state index in [0.29, 0.717) is 26.8 Å². The van der Waals surface area contributed by atoms with Crippen molar-refractivity contribution in [1.29, 1.82) is 0 Å². The number of carbonyl (C=O) groups excluding carboxylic acids is 2.